The number of amides is 1. The molecular weight excluding hydrogens is 212 g/mol. The molecule has 0 fully saturated rings. The zero-order valence-electron chi connectivity index (χ0n) is 9.91. The SMILES string of the molecule is CC(C)(C)NCCC(=O)NC[C@H](O)C(=O)O. The smallest absolute Gasteiger partial charge is 0.334 e. The van der Waals surface area contributed by atoms with Crippen LogP contribution < -0.4 is 10.6 Å². The molecule has 6 heteroatoms. The number of nitrogens with one attached hydrogen (secondary N) is 2. The van der Waals surface area contributed by atoms with Gasteiger partial charge in [-0.3, -0.25) is 4.79 Å². The van der Waals surface area contributed by atoms with E-state index in [-0.39, 0.29) is 24.4 Å². The van der Waals surface area contributed by atoms with Crippen LogP contribution in [0.25, 0.3) is 0 Å². The summed E-state index contributed by atoms with van der Waals surface area (Å²) in [6.45, 7) is 6.21. The number of aliphatic carboxylic acids is 1. The van der Waals surface area contributed by atoms with Gasteiger partial charge >= 0.3 is 5.97 Å². The van der Waals surface area contributed by atoms with E-state index in [0.717, 1.165) is 0 Å². The first-order valence-corrected chi connectivity index (χ1v) is 5.15. The Balaban J connectivity index is 3.64. The third-order valence-corrected chi connectivity index (χ3v) is 1.79. The van der Waals surface area contributed by atoms with Crippen LogP contribution in [-0.2, 0) is 9.59 Å². The van der Waals surface area contributed by atoms with Crippen LogP contribution in [0.15, 0.2) is 0 Å². The number of carbonyl (C=O) groups excluding carboxylic acids is 1. The van der Waals surface area contributed by atoms with E-state index in [1.54, 1.807) is 0 Å². The highest BCUT2D eigenvalue weighted by Crippen LogP contribution is 1.97. The molecule has 0 unspecified atom stereocenters. The number of hydrogen-bond donors (Lipinski definition) is 4. The summed E-state index contributed by atoms with van der Waals surface area (Å²) in [6.07, 6.45) is -1.29. The third-order valence-electron chi connectivity index (χ3n) is 1.79. The number of carboxylic acids is 1. The molecule has 0 bridgehead atoms. The lowest BCUT2D eigenvalue weighted by molar-refractivity contribution is -0.146. The third kappa shape index (κ3) is 8.19. The molecule has 0 saturated heterocycles. The highest BCUT2D eigenvalue weighted by molar-refractivity contribution is 5.78. The number of rotatable bonds is 6. The van der Waals surface area contributed by atoms with Gasteiger partial charge in [0.15, 0.2) is 6.10 Å². The highest BCUT2D eigenvalue weighted by atomic mass is 16.4. The number of aliphatic hydroxyl groups is 1. The van der Waals surface area contributed by atoms with Crippen LogP contribution in [0.4, 0.5) is 0 Å². The molecule has 4 N–H and O–H groups in total. The highest BCUT2D eigenvalue weighted by Gasteiger charge is 2.14. The molecule has 0 saturated carbocycles. The Labute approximate surface area is 95.0 Å². The molecule has 0 aromatic carbocycles. The predicted molar refractivity (Wildman–Crippen MR) is 59.0 cm³/mol. The van der Waals surface area contributed by atoms with Crippen molar-refractivity contribution in [2.24, 2.45) is 0 Å². The van der Waals surface area contributed by atoms with Gasteiger partial charge in [0.25, 0.3) is 0 Å². The first kappa shape index (κ1) is 14.9. The van der Waals surface area contributed by atoms with E-state index in [4.69, 9.17) is 10.2 Å². The monoisotopic (exact) mass is 232 g/mol. The van der Waals surface area contributed by atoms with Gasteiger partial charge in [0.05, 0.1) is 6.54 Å². The summed E-state index contributed by atoms with van der Waals surface area (Å²) >= 11 is 0. The van der Waals surface area contributed by atoms with E-state index < -0.39 is 12.1 Å². The molecule has 0 heterocycles. The molecule has 0 radical (unpaired) electrons. The van der Waals surface area contributed by atoms with Gasteiger partial charge in [-0.15, -0.1) is 0 Å². The van der Waals surface area contributed by atoms with Crippen molar-refractivity contribution in [2.75, 3.05) is 13.1 Å². The maximum Gasteiger partial charge on any atom is 0.334 e. The maximum atomic E-state index is 11.2. The minimum atomic E-state index is -1.54. The molecule has 1 amide bonds. The molecule has 16 heavy (non-hydrogen) atoms. The van der Waals surface area contributed by atoms with Crippen LogP contribution in [0.2, 0.25) is 0 Å². The molecule has 0 aromatic rings. The fourth-order valence-corrected chi connectivity index (χ4v) is 0.937. The van der Waals surface area contributed by atoms with E-state index in [9.17, 15) is 9.59 Å². The van der Waals surface area contributed by atoms with Crippen molar-refractivity contribution in [1.82, 2.24) is 10.6 Å². The zero-order chi connectivity index (χ0) is 12.8. The lowest BCUT2D eigenvalue weighted by atomic mass is 10.1. The van der Waals surface area contributed by atoms with Gasteiger partial charge in [0.2, 0.25) is 5.91 Å². The Hall–Kier alpha value is -1.14. The van der Waals surface area contributed by atoms with Crippen LogP contribution in [0.1, 0.15) is 27.2 Å². The summed E-state index contributed by atoms with van der Waals surface area (Å²) < 4.78 is 0. The van der Waals surface area contributed by atoms with Crippen LogP contribution in [0.3, 0.4) is 0 Å². The molecule has 0 aliphatic heterocycles. The van der Waals surface area contributed by atoms with Crippen molar-refractivity contribution < 1.29 is 19.8 Å². The summed E-state index contributed by atoms with van der Waals surface area (Å²) in [4.78, 5) is 21.4. The van der Waals surface area contributed by atoms with Crippen LogP contribution in [0.5, 0.6) is 0 Å². The van der Waals surface area contributed by atoms with Crippen molar-refractivity contribution in [1.29, 1.82) is 0 Å². The van der Waals surface area contributed by atoms with Gasteiger partial charge in [-0.05, 0) is 20.8 Å². The molecule has 94 valence electrons. The van der Waals surface area contributed by atoms with E-state index in [2.05, 4.69) is 10.6 Å². The Morgan fingerprint density at radius 2 is 1.88 bits per heavy atom. The molecule has 0 aliphatic carbocycles. The summed E-state index contributed by atoms with van der Waals surface area (Å²) in [5, 5.41) is 22.7. The Morgan fingerprint density at radius 3 is 2.31 bits per heavy atom. The normalized spacial score (nSPS) is 13.2. The van der Waals surface area contributed by atoms with E-state index in [0.29, 0.717) is 6.54 Å². The fraction of sp³-hybridized carbons (Fsp3) is 0.800. The second-order valence-corrected chi connectivity index (χ2v) is 4.58. The largest absolute Gasteiger partial charge is 0.479 e. The molecule has 0 aromatic heterocycles. The summed E-state index contributed by atoms with van der Waals surface area (Å²) in [7, 11) is 0. The van der Waals surface area contributed by atoms with Crippen molar-refractivity contribution in [3.8, 4) is 0 Å². The first-order valence-electron chi connectivity index (χ1n) is 5.15. The van der Waals surface area contributed by atoms with Gasteiger partial charge in [0, 0.05) is 18.5 Å². The Bertz CT molecular complexity index is 248. The Morgan fingerprint density at radius 1 is 1.31 bits per heavy atom. The van der Waals surface area contributed by atoms with Gasteiger partial charge in [-0.25, -0.2) is 4.79 Å². The molecule has 0 aliphatic rings. The first-order chi connectivity index (χ1) is 7.22. The van der Waals surface area contributed by atoms with Gasteiger partial charge in [0.1, 0.15) is 0 Å². The van der Waals surface area contributed by atoms with Crippen LogP contribution in [0, 0.1) is 0 Å². The zero-order valence-corrected chi connectivity index (χ0v) is 9.91. The molecule has 0 rings (SSSR count). The standard InChI is InChI=1S/C10H20N2O4/c1-10(2,3)12-5-4-8(14)11-6-7(13)9(15)16/h7,12-13H,4-6H2,1-3H3,(H,11,14)(H,15,16)/t7-/m0/s1. The number of carboxylic acid groups (broad SMARTS) is 1. The van der Waals surface area contributed by atoms with Crippen molar-refractivity contribution in [2.45, 2.75) is 38.8 Å². The van der Waals surface area contributed by atoms with Crippen molar-refractivity contribution in [3.05, 3.63) is 0 Å². The number of hydrogen-bond acceptors (Lipinski definition) is 4. The summed E-state index contributed by atoms with van der Waals surface area (Å²) in [6, 6.07) is 0. The topological polar surface area (TPSA) is 98.7 Å². The van der Waals surface area contributed by atoms with Gasteiger partial charge in [-0.2, -0.15) is 0 Å². The lowest BCUT2D eigenvalue weighted by Crippen LogP contribution is -2.40. The minimum absolute atomic E-state index is 0.0547. The van der Waals surface area contributed by atoms with E-state index >= 15 is 0 Å². The Kier molecular flexibility index (Phi) is 5.98. The minimum Gasteiger partial charge on any atom is -0.479 e. The molecular formula is C10H20N2O4. The second-order valence-electron chi connectivity index (χ2n) is 4.58. The predicted octanol–water partition coefficient (Wildman–Crippen LogP) is -0.674. The molecule has 1 atom stereocenters. The van der Waals surface area contributed by atoms with Crippen molar-refractivity contribution in [3.63, 3.8) is 0 Å². The number of aliphatic hydroxyl groups excluding tert-OH is 1. The maximum absolute atomic E-state index is 11.2. The van der Waals surface area contributed by atoms with E-state index in [1.807, 2.05) is 20.8 Å². The molecule has 0 spiro atoms. The molecule has 6 nitrogen and oxygen atoms in total. The van der Waals surface area contributed by atoms with Gasteiger partial charge in [-0.1, -0.05) is 0 Å². The quantitative estimate of drug-likeness (QED) is 0.486. The average molecular weight is 232 g/mol. The van der Waals surface area contributed by atoms with Crippen LogP contribution >= 0.6 is 0 Å². The van der Waals surface area contributed by atoms with Crippen LogP contribution in [-0.4, -0.2) is 46.8 Å². The van der Waals surface area contributed by atoms with Gasteiger partial charge < -0.3 is 20.8 Å². The van der Waals surface area contributed by atoms with Crippen molar-refractivity contribution >= 4 is 11.9 Å². The summed E-state index contributed by atoms with van der Waals surface area (Å²) in [5.74, 6) is -1.62. The summed E-state index contributed by atoms with van der Waals surface area (Å²) in [5.41, 5.74) is -0.0547. The average Bonchev–Trinajstić information content (AvgIpc) is 2.11. The van der Waals surface area contributed by atoms with E-state index in [1.165, 1.54) is 0 Å². The second kappa shape index (κ2) is 6.44. The fourth-order valence-electron chi connectivity index (χ4n) is 0.937. The lowest BCUT2D eigenvalue weighted by Gasteiger charge is -2.20. The number of carbonyl (C=O) groups is 2.